The van der Waals surface area contributed by atoms with E-state index in [-0.39, 0.29) is 35.9 Å². The van der Waals surface area contributed by atoms with Crippen molar-refractivity contribution in [2.75, 3.05) is 0 Å². The summed E-state index contributed by atoms with van der Waals surface area (Å²) in [5.41, 5.74) is 1.58. The highest BCUT2D eigenvalue weighted by molar-refractivity contribution is 5.91. The molecule has 2 aromatic heterocycles. The highest BCUT2D eigenvalue weighted by Gasteiger charge is 2.49. The van der Waals surface area contributed by atoms with Crippen LogP contribution in [0.4, 0.5) is 0 Å². The fourth-order valence-corrected chi connectivity index (χ4v) is 4.65. The summed E-state index contributed by atoms with van der Waals surface area (Å²) in [6, 6.07) is 1.58. The van der Waals surface area contributed by atoms with Gasteiger partial charge in [0.05, 0.1) is 30.5 Å². The zero-order chi connectivity index (χ0) is 20.1. The molecular formula is C21H28N4O3. The molecule has 0 saturated carbocycles. The molecule has 0 unspecified atom stereocenters. The number of nitrogens with zero attached hydrogens (tertiary/aromatic N) is 3. The zero-order valence-electron chi connectivity index (χ0n) is 16.9. The van der Waals surface area contributed by atoms with Gasteiger partial charge in [-0.3, -0.25) is 14.3 Å². The van der Waals surface area contributed by atoms with Gasteiger partial charge in [0.25, 0.3) is 0 Å². The predicted molar refractivity (Wildman–Crippen MR) is 103 cm³/mol. The van der Waals surface area contributed by atoms with E-state index in [9.17, 15) is 9.59 Å². The molecule has 0 bridgehead atoms. The number of fused-ring (bicyclic) bond motifs is 1. The van der Waals surface area contributed by atoms with Crippen LogP contribution in [0.5, 0.6) is 0 Å². The maximum absolute atomic E-state index is 13.3. The molecule has 1 saturated heterocycles. The molecule has 1 aliphatic heterocycles. The van der Waals surface area contributed by atoms with Crippen molar-refractivity contribution in [2.45, 2.75) is 64.1 Å². The van der Waals surface area contributed by atoms with Gasteiger partial charge in [-0.15, -0.1) is 0 Å². The van der Waals surface area contributed by atoms with E-state index in [1.807, 2.05) is 45.0 Å². The summed E-state index contributed by atoms with van der Waals surface area (Å²) in [5, 5.41) is 7.47. The predicted octanol–water partition coefficient (Wildman–Crippen LogP) is 2.90. The third-order valence-electron chi connectivity index (χ3n) is 5.82. The quantitative estimate of drug-likeness (QED) is 0.882. The first-order valence-electron chi connectivity index (χ1n) is 9.93. The SMILES string of the molecule is Cn1cc([C@@H]2[C@@H](C(=O)N[C@H]3CCCc4occc43)CC(=O)N2C(C)(C)C)cn1. The van der Waals surface area contributed by atoms with Crippen LogP contribution in [0, 0.1) is 5.92 Å². The van der Waals surface area contributed by atoms with Gasteiger partial charge < -0.3 is 14.6 Å². The molecular weight excluding hydrogens is 356 g/mol. The van der Waals surface area contributed by atoms with E-state index in [1.165, 1.54) is 0 Å². The van der Waals surface area contributed by atoms with Crippen molar-refractivity contribution in [1.29, 1.82) is 0 Å². The lowest BCUT2D eigenvalue weighted by atomic mass is 9.90. The average Bonchev–Trinajstić information content (AvgIpc) is 3.32. The van der Waals surface area contributed by atoms with Gasteiger partial charge >= 0.3 is 0 Å². The van der Waals surface area contributed by atoms with Crippen LogP contribution in [-0.4, -0.2) is 32.0 Å². The van der Waals surface area contributed by atoms with Crippen molar-refractivity contribution in [1.82, 2.24) is 20.0 Å². The number of hydrogen-bond donors (Lipinski definition) is 1. The average molecular weight is 384 g/mol. The van der Waals surface area contributed by atoms with Crippen LogP contribution in [-0.2, 0) is 23.1 Å². The van der Waals surface area contributed by atoms with E-state index in [2.05, 4.69) is 10.4 Å². The molecule has 3 heterocycles. The third-order valence-corrected chi connectivity index (χ3v) is 5.82. The number of amides is 2. The Labute approximate surface area is 165 Å². The van der Waals surface area contributed by atoms with Crippen LogP contribution in [0.25, 0.3) is 0 Å². The third kappa shape index (κ3) is 3.23. The Balaban J connectivity index is 1.62. The second-order valence-electron chi connectivity index (χ2n) is 8.89. The molecule has 1 fully saturated rings. The van der Waals surface area contributed by atoms with Gasteiger partial charge in [-0.1, -0.05) is 0 Å². The Morgan fingerprint density at radius 3 is 2.82 bits per heavy atom. The molecule has 0 spiro atoms. The molecule has 28 heavy (non-hydrogen) atoms. The Morgan fingerprint density at radius 1 is 1.36 bits per heavy atom. The van der Waals surface area contributed by atoms with Gasteiger partial charge in [-0.2, -0.15) is 5.10 Å². The van der Waals surface area contributed by atoms with Crippen molar-refractivity contribution in [3.05, 3.63) is 41.6 Å². The Morgan fingerprint density at radius 2 is 2.14 bits per heavy atom. The molecule has 0 radical (unpaired) electrons. The lowest BCUT2D eigenvalue weighted by Gasteiger charge is -2.38. The van der Waals surface area contributed by atoms with Crippen molar-refractivity contribution in [3.63, 3.8) is 0 Å². The normalized spacial score (nSPS) is 25.1. The molecule has 1 aliphatic carbocycles. The highest BCUT2D eigenvalue weighted by atomic mass is 16.3. The number of hydrogen-bond acceptors (Lipinski definition) is 4. The highest BCUT2D eigenvalue weighted by Crippen LogP contribution is 2.43. The number of nitrogens with one attached hydrogen (secondary N) is 1. The van der Waals surface area contributed by atoms with Crippen LogP contribution >= 0.6 is 0 Å². The van der Waals surface area contributed by atoms with Gasteiger partial charge in [-0.25, -0.2) is 0 Å². The minimum absolute atomic E-state index is 0.00847. The summed E-state index contributed by atoms with van der Waals surface area (Å²) >= 11 is 0. The number of carbonyl (C=O) groups excluding carboxylic acids is 2. The summed E-state index contributed by atoms with van der Waals surface area (Å²) in [7, 11) is 1.85. The first-order chi connectivity index (χ1) is 13.3. The van der Waals surface area contributed by atoms with Gasteiger partial charge in [0.1, 0.15) is 5.76 Å². The largest absolute Gasteiger partial charge is 0.469 e. The zero-order valence-corrected chi connectivity index (χ0v) is 16.9. The number of aromatic nitrogens is 2. The first-order valence-corrected chi connectivity index (χ1v) is 9.93. The lowest BCUT2D eigenvalue weighted by molar-refractivity contribution is -0.133. The number of carbonyl (C=O) groups is 2. The van der Waals surface area contributed by atoms with Crippen molar-refractivity contribution >= 4 is 11.8 Å². The molecule has 2 aromatic rings. The fraction of sp³-hybridized carbons (Fsp3) is 0.571. The van der Waals surface area contributed by atoms with Crippen molar-refractivity contribution in [2.24, 2.45) is 13.0 Å². The van der Waals surface area contributed by atoms with E-state index < -0.39 is 5.92 Å². The van der Waals surface area contributed by atoms with Crippen LogP contribution in [0.3, 0.4) is 0 Å². The van der Waals surface area contributed by atoms with Crippen LogP contribution in [0.2, 0.25) is 0 Å². The smallest absolute Gasteiger partial charge is 0.226 e. The van der Waals surface area contributed by atoms with E-state index in [0.29, 0.717) is 0 Å². The topological polar surface area (TPSA) is 80.4 Å². The van der Waals surface area contributed by atoms with Gasteiger partial charge in [0.2, 0.25) is 11.8 Å². The number of likely N-dealkylation sites (tertiary alicyclic amines) is 1. The molecule has 1 N–H and O–H groups in total. The van der Waals surface area contributed by atoms with Crippen molar-refractivity contribution < 1.29 is 14.0 Å². The van der Waals surface area contributed by atoms with E-state index >= 15 is 0 Å². The molecule has 7 nitrogen and oxygen atoms in total. The maximum Gasteiger partial charge on any atom is 0.226 e. The molecule has 7 heteroatoms. The molecule has 4 rings (SSSR count). The minimum atomic E-state index is -0.437. The number of aryl methyl sites for hydroxylation is 2. The van der Waals surface area contributed by atoms with Gasteiger partial charge in [0.15, 0.2) is 0 Å². The summed E-state index contributed by atoms with van der Waals surface area (Å²) in [5.74, 6) is 0.453. The monoisotopic (exact) mass is 384 g/mol. The molecule has 0 aromatic carbocycles. The van der Waals surface area contributed by atoms with E-state index in [1.54, 1.807) is 17.1 Å². The second-order valence-corrected chi connectivity index (χ2v) is 8.89. The summed E-state index contributed by atoms with van der Waals surface area (Å²) < 4.78 is 7.26. The van der Waals surface area contributed by atoms with Gasteiger partial charge in [-0.05, 0) is 39.7 Å². The molecule has 2 aliphatic rings. The van der Waals surface area contributed by atoms with E-state index in [4.69, 9.17) is 4.42 Å². The Hall–Kier alpha value is -2.57. The fourth-order valence-electron chi connectivity index (χ4n) is 4.65. The maximum atomic E-state index is 13.3. The van der Waals surface area contributed by atoms with Crippen LogP contribution in [0.15, 0.2) is 29.1 Å². The van der Waals surface area contributed by atoms with Crippen LogP contribution < -0.4 is 5.32 Å². The lowest BCUT2D eigenvalue weighted by Crippen LogP contribution is -2.45. The summed E-state index contributed by atoms with van der Waals surface area (Å²) in [4.78, 5) is 28.0. The summed E-state index contributed by atoms with van der Waals surface area (Å²) in [6.07, 6.45) is 8.34. The molecule has 3 atom stereocenters. The Bertz CT molecular complexity index is 892. The van der Waals surface area contributed by atoms with Crippen LogP contribution in [0.1, 0.15) is 69.0 Å². The standard InChI is InChI=1S/C21H28N4O3/c1-21(2,3)25-18(26)10-15(19(25)13-11-22-24(4)12-13)20(27)23-16-6-5-7-17-14(16)8-9-28-17/h8-9,11-12,15-16,19H,5-7,10H2,1-4H3,(H,23,27)/t15-,16-,19+/m0/s1. The Kier molecular flexibility index (Phi) is 4.56. The second kappa shape index (κ2) is 6.79. The summed E-state index contributed by atoms with van der Waals surface area (Å²) in [6.45, 7) is 6.02. The van der Waals surface area contributed by atoms with E-state index in [0.717, 1.165) is 36.1 Å². The van der Waals surface area contributed by atoms with Gasteiger partial charge in [0, 0.05) is 42.8 Å². The number of furan rings is 1. The minimum Gasteiger partial charge on any atom is -0.469 e. The number of rotatable bonds is 3. The van der Waals surface area contributed by atoms with Crippen molar-refractivity contribution in [3.8, 4) is 0 Å². The molecule has 150 valence electrons. The molecule has 2 amide bonds. The first kappa shape index (κ1) is 18.8.